The topological polar surface area (TPSA) is 87.7 Å². The lowest BCUT2D eigenvalue weighted by molar-refractivity contribution is -0.274. The molecule has 210 valence electrons. The minimum atomic E-state index is -4.73. The van der Waals surface area contributed by atoms with Crippen molar-refractivity contribution in [3.63, 3.8) is 0 Å². The van der Waals surface area contributed by atoms with Crippen LogP contribution in [0.3, 0.4) is 0 Å². The zero-order chi connectivity index (χ0) is 28.5. The number of benzene rings is 2. The van der Waals surface area contributed by atoms with Crippen LogP contribution in [0, 0.1) is 0 Å². The van der Waals surface area contributed by atoms with Crippen molar-refractivity contribution in [3.05, 3.63) is 89.6 Å². The van der Waals surface area contributed by atoms with Crippen molar-refractivity contribution < 1.29 is 26.3 Å². The molecule has 0 unspecified atom stereocenters. The van der Waals surface area contributed by atoms with Gasteiger partial charge in [-0.25, -0.2) is 18.4 Å². The van der Waals surface area contributed by atoms with Crippen molar-refractivity contribution in [1.82, 2.24) is 14.9 Å². The maximum absolute atomic E-state index is 12.4. The molecule has 0 radical (unpaired) electrons. The summed E-state index contributed by atoms with van der Waals surface area (Å²) < 4.78 is 64.3. The van der Waals surface area contributed by atoms with E-state index in [0.717, 1.165) is 33.8 Å². The number of rotatable bonds is 8. The van der Waals surface area contributed by atoms with Gasteiger partial charge in [0.2, 0.25) is 0 Å². The van der Waals surface area contributed by atoms with Crippen molar-refractivity contribution in [2.75, 3.05) is 42.7 Å². The van der Waals surface area contributed by atoms with Crippen LogP contribution in [0.15, 0.2) is 67.3 Å². The van der Waals surface area contributed by atoms with Crippen molar-refractivity contribution in [2.24, 2.45) is 0 Å². The molecule has 40 heavy (non-hydrogen) atoms. The molecule has 3 aromatic rings. The Bertz CT molecular complexity index is 1530. The summed E-state index contributed by atoms with van der Waals surface area (Å²) in [7, 11) is -3.09. The zero-order valence-electron chi connectivity index (χ0n) is 21.8. The number of piperazine rings is 1. The van der Waals surface area contributed by atoms with E-state index in [2.05, 4.69) is 42.5 Å². The Morgan fingerprint density at radius 2 is 1.70 bits per heavy atom. The normalized spacial score (nSPS) is 15.4. The van der Waals surface area contributed by atoms with E-state index in [-0.39, 0.29) is 11.5 Å². The van der Waals surface area contributed by atoms with Gasteiger partial charge in [0, 0.05) is 50.1 Å². The van der Waals surface area contributed by atoms with Crippen LogP contribution in [-0.2, 0) is 22.0 Å². The minimum absolute atomic E-state index is 0.0132. The summed E-state index contributed by atoms with van der Waals surface area (Å²) in [4.78, 5) is 13.4. The predicted octanol–water partition coefficient (Wildman–Crippen LogP) is 4.72. The lowest BCUT2D eigenvalue weighted by Gasteiger charge is -2.38. The maximum Gasteiger partial charge on any atom is 0.573 e. The molecule has 1 aromatic heterocycles. The summed E-state index contributed by atoms with van der Waals surface area (Å²) >= 11 is 0. The van der Waals surface area contributed by atoms with Gasteiger partial charge in [-0.2, -0.15) is 0 Å². The molecule has 5 rings (SSSR count). The molecule has 1 aliphatic carbocycles. The first-order valence-corrected chi connectivity index (χ1v) is 14.6. The Morgan fingerprint density at radius 3 is 2.33 bits per heavy atom. The fraction of sp³-hybridized carbons (Fsp3) is 0.286. The molecule has 2 heterocycles. The highest BCUT2D eigenvalue weighted by Gasteiger charge is 2.31. The number of alkyl halides is 3. The molecule has 0 spiro atoms. The second kappa shape index (κ2) is 10.8. The SMILES string of the molecule is C=C(Nc1ccc(OC(F)(F)F)cc1)N1CCN(c2ncnc3c2C=C(c2ccc(CS(C)(=O)=O)cc2)C3)CC1. The van der Waals surface area contributed by atoms with Crippen molar-refractivity contribution in [3.8, 4) is 5.75 Å². The first-order valence-electron chi connectivity index (χ1n) is 12.6. The van der Waals surface area contributed by atoms with Crippen molar-refractivity contribution in [2.45, 2.75) is 18.5 Å². The number of anilines is 2. The molecule has 0 bridgehead atoms. The van der Waals surface area contributed by atoms with Crippen molar-refractivity contribution >= 4 is 33.0 Å². The molecule has 8 nitrogen and oxygen atoms in total. The second-order valence-electron chi connectivity index (χ2n) is 9.79. The van der Waals surface area contributed by atoms with E-state index < -0.39 is 16.2 Å². The van der Waals surface area contributed by atoms with Gasteiger partial charge in [0.1, 0.15) is 17.9 Å². The third-order valence-electron chi connectivity index (χ3n) is 6.71. The molecule has 1 saturated heterocycles. The van der Waals surface area contributed by atoms with Gasteiger partial charge in [0.05, 0.1) is 17.3 Å². The van der Waals surface area contributed by atoms with Crippen LogP contribution in [0.25, 0.3) is 11.6 Å². The van der Waals surface area contributed by atoms with Crippen LogP contribution in [-0.4, -0.2) is 62.1 Å². The Hall–Kier alpha value is -4.06. The second-order valence-corrected chi connectivity index (χ2v) is 11.9. The number of fused-ring (bicyclic) bond motifs is 1. The standard InChI is InChI=1S/C28H28F3N5O3S/c1-19(34-23-7-9-24(10-8-23)39-28(29,30)31)35-11-13-36(14-12-35)27-25-15-22(16-26(25)32-18-33-27)21-5-3-20(4-6-21)17-40(2,37)38/h3-10,15,18,34H,1,11-14,16-17H2,2H3. The molecule has 12 heteroatoms. The van der Waals surface area contributed by atoms with Gasteiger partial charge in [0.25, 0.3) is 0 Å². The van der Waals surface area contributed by atoms with E-state index in [9.17, 15) is 21.6 Å². The van der Waals surface area contributed by atoms with E-state index in [0.29, 0.717) is 44.1 Å². The first kappa shape index (κ1) is 27.5. The highest BCUT2D eigenvalue weighted by molar-refractivity contribution is 7.89. The number of nitrogens with one attached hydrogen (secondary N) is 1. The summed E-state index contributed by atoms with van der Waals surface area (Å²) in [5.41, 5.74) is 5.43. The quantitative estimate of drug-likeness (QED) is 0.416. The largest absolute Gasteiger partial charge is 0.573 e. The average molecular weight is 572 g/mol. The smallest absolute Gasteiger partial charge is 0.406 e. The Balaban J connectivity index is 1.21. The molecule has 0 atom stereocenters. The lowest BCUT2D eigenvalue weighted by atomic mass is 10.0. The number of nitrogens with zero attached hydrogens (tertiary/aromatic N) is 4. The number of halogens is 3. The Labute approximate surface area is 230 Å². The summed E-state index contributed by atoms with van der Waals surface area (Å²) in [6.07, 6.45) is 0.854. The van der Waals surface area contributed by atoms with Gasteiger partial charge in [-0.1, -0.05) is 30.8 Å². The number of aromatic nitrogens is 2. The van der Waals surface area contributed by atoms with Gasteiger partial charge < -0.3 is 19.9 Å². The monoisotopic (exact) mass is 571 g/mol. The van der Waals surface area contributed by atoms with Crippen LogP contribution in [0.5, 0.6) is 5.75 Å². The lowest BCUT2D eigenvalue weighted by Crippen LogP contribution is -2.47. The molecule has 2 aliphatic rings. The van der Waals surface area contributed by atoms with Crippen LogP contribution < -0.4 is 15.0 Å². The molecule has 0 saturated carbocycles. The first-order chi connectivity index (χ1) is 18.9. The summed E-state index contributed by atoms with van der Waals surface area (Å²) in [6.45, 7) is 6.86. The highest BCUT2D eigenvalue weighted by atomic mass is 32.2. The van der Waals surface area contributed by atoms with Gasteiger partial charge in [0.15, 0.2) is 9.84 Å². The summed E-state index contributed by atoms with van der Waals surface area (Å²) in [5, 5.41) is 3.15. The van der Waals surface area contributed by atoms with E-state index in [1.54, 1.807) is 6.33 Å². The predicted molar refractivity (Wildman–Crippen MR) is 148 cm³/mol. The zero-order valence-corrected chi connectivity index (χ0v) is 22.6. The van der Waals surface area contributed by atoms with Crippen LogP contribution >= 0.6 is 0 Å². The van der Waals surface area contributed by atoms with Gasteiger partial charge in [-0.05, 0) is 47.0 Å². The molecule has 1 fully saturated rings. The third kappa shape index (κ3) is 6.74. The number of hydrogen-bond acceptors (Lipinski definition) is 8. The number of hydrogen-bond donors (Lipinski definition) is 1. The number of sulfone groups is 1. The molecular weight excluding hydrogens is 543 g/mol. The number of ether oxygens (including phenoxy) is 1. The van der Waals surface area contributed by atoms with Crippen LogP contribution in [0.4, 0.5) is 24.7 Å². The van der Waals surface area contributed by atoms with E-state index in [4.69, 9.17) is 0 Å². The average Bonchev–Trinajstić information content (AvgIpc) is 3.33. The fourth-order valence-electron chi connectivity index (χ4n) is 4.84. The van der Waals surface area contributed by atoms with Crippen molar-refractivity contribution in [1.29, 1.82) is 0 Å². The molecule has 1 N–H and O–H groups in total. The van der Waals surface area contributed by atoms with E-state index in [1.165, 1.54) is 30.5 Å². The fourth-order valence-corrected chi connectivity index (χ4v) is 5.64. The minimum Gasteiger partial charge on any atom is -0.406 e. The van der Waals surface area contributed by atoms with Gasteiger partial charge in [-0.3, -0.25) is 0 Å². The maximum atomic E-state index is 12.4. The van der Waals surface area contributed by atoms with Gasteiger partial charge >= 0.3 is 6.36 Å². The molecule has 1 aliphatic heterocycles. The summed E-state index contributed by atoms with van der Waals surface area (Å²) in [6, 6.07) is 13.1. The van der Waals surface area contributed by atoms with E-state index in [1.807, 2.05) is 24.3 Å². The van der Waals surface area contributed by atoms with Gasteiger partial charge in [-0.15, -0.1) is 13.2 Å². The third-order valence-corrected chi connectivity index (χ3v) is 7.57. The van der Waals surface area contributed by atoms with E-state index >= 15 is 0 Å². The summed E-state index contributed by atoms with van der Waals surface area (Å²) in [5.74, 6) is 1.25. The molecular formula is C28H28F3N5O3S. The van der Waals surface area contributed by atoms with Crippen LogP contribution in [0.1, 0.15) is 22.4 Å². The number of allylic oxidation sites excluding steroid dienone is 1. The molecule has 0 amide bonds. The molecule has 2 aromatic carbocycles. The Kier molecular flexibility index (Phi) is 7.45. The van der Waals surface area contributed by atoms with Crippen LogP contribution in [0.2, 0.25) is 0 Å². The Morgan fingerprint density at radius 1 is 1.02 bits per heavy atom. The highest BCUT2D eigenvalue weighted by Crippen LogP contribution is 2.35.